The largest absolute Gasteiger partial charge is 0.382 e. The third kappa shape index (κ3) is 7.95. The fourth-order valence-electron chi connectivity index (χ4n) is 2.32. The molecule has 154 valence electrons. The predicted molar refractivity (Wildman–Crippen MR) is 125 cm³/mol. The van der Waals surface area contributed by atoms with Crippen LogP contribution in [0.15, 0.2) is 60.4 Å². The van der Waals surface area contributed by atoms with E-state index in [1.54, 1.807) is 31.3 Å². The Morgan fingerprint density at radius 3 is 2.32 bits per heavy atom. The molecule has 0 aliphatic heterocycles. The number of likely N-dealkylation sites (N-methyl/N-ethyl adjacent to an activating group) is 1. The summed E-state index contributed by atoms with van der Waals surface area (Å²) in [5.41, 5.74) is 2.66. The normalized spacial score (nSPS) is 12.2. The van der Waals surface area contributed by atoms with Crippen LogP contribution in [0.5, 0.6) is 0 Å². The van der Waals surface area contributed by atoms with Crippen molar-refractivity contribution in [3.05, 3.63) is 76.0 Å². The Bertz CT molecular complexity index is 747. The quantitative estimate of drug-likeness (QED) is 0.368. The van der Waals surface area contributed by atoms with Crippen molar-refractivity contribution < 1.29 is 4.79 Å². The maximum absolute atomic E-state index is 12.7. The molecule has 0 heterocycles. The highest BCUT2D eigenvalue weighted by Crippen LogP contribution is 2.29. The van der Waals surface area contributed by atoms with E-state index in [9.17, 15) is 4.79 Å². The van der Waals surface area contributed by atoms with Crippen LogP contribution in [0.4, 0.5) is 0 Å². The van der Waals surface area contributed by atoms with Gasteiger partial charge in [-0.2, -0.15) is 0 Å². The van der Waals surface area contributed by atoms with Gasteiger partial charge < -0.3 is 10.6 Å². The fourth-order valence-corrected chi connectivity index (χ4v) is 2.61. The van der Waals surface area contributed by atoms with E-state index >= 15 is 0 Å². The number of carbonyl (C=O) groups is 1. The summed E-state index contributed by atoms with van der Waals surface area (Å²) in [6.45, 7) is 14.0. The molecule has 0 aromatic heterocycles. The maximum Gasteiger partial charge on any atom is 0.253 e. The summed E-state index contributed by atoms with van der Waals surface area (Å²) in [6.07, 6.45) is 8.57. The highest BCUT2D eigenvalue weighted by atomic mass is 35.5. The molecule has 0 saturated heterocycles. The van der Waals surface area contributed by atoms with Gasteiger partial charge in [0.15, 0.2) is 0 Å². The Labute approximate surface area is 180 Å². The first kappa shape index (κ1) is 26.0. The van der Waals surface area contributed by atoms with Crippen molar-refractivity contribution in [2.75, 3.05) is 7.05 Å². The van der Waals surface area contributed by atoms with Gasteiger partial charge in [-0.3, -0.25) is 4.79 Å². The van der Waals surface area contributed by atoms with Gasteiger partial charge in [0.25, 0.3) is 5.91 Å². The van der Waals surface area contributed by atoms with Gasteiger partial charge in [-0.25, -0.2) is 0 Å². The monoisotopic (exact) mass is 422 g/mol. The van der Waals surface area contributed by atoms with Gasteiger partial charge in [-0.1, -0.05) is 80.9 Å². The minimum Gasteiger partial charge on any atom is -0.382 e. The van der Waals surface area contributed by atoms with Gasteiger partial charge in [-0.05, 0) is 43.5 Å². The van der Waals surface area contributed by atoms with Crippen molar-refractivity contribution in [2.24, 2.45) is 0 Å². The molecule has 28 heavy (non-hydrogen) atoms. The van der Waals surface area contributed by atoms with Crippen LogP contribution in [0.1, 0.15) is 46.6 Å². The van der Waals surface area contributed by atoms with Gasteiger partial charge in [0.2, 0.25) is 0 Å². The van der Waals surface area contributed by atoms with Gasteiger partial charge in [0.1, 0.15) is 0 Å². The first-order valence-electron chi connectivity index (χ1n) is 9.53. The van der Waals surface area contributed by atoms with Gasteiger partial charge in [0, 0.05) is 13.1 Å². The van der Waals surface area contributed by atoms with Gasteiger partial charge in [0.05, 0.1) is 21.3 Å². The smallest absolute Gasteiger partial charge is 0.253 e. The molecule has 0 aliphatic carbocycles. The van der Waals surface area contributed by atoms with E-state index in [2.05, 4.69) is 24.1 Å². The molecule has 1 aromatic rings. The Balaban J connectivity index is 0.00000352. The van der Waals surface area contributed by atoms with Crippen LogP contribution in [0.2, 0.25) is 10.0 Å². The molecule has 0 fully saturated rings. The second-order valence-corrected chi connectivity index (χ2v) is 6.73. The average Bonchev–Trinajstić information content (AvgIpc) is 2.68. The molecule has 0 radical (unpaired) electrons. The number of allylic oxidation sites excluding steroid dienone is 4. The second kappa shape index (κ2) is 14.1. The molecule has 0 unspecified atom stereocenters. The number of benzene rings is 1. The molecule has 1 aromatic carbocycles. The standard InChI is InChI=1S/C21H26Cl2N2O.C2H6/c1-6-8-9-10-15(7-2)20(25-14(3)4)19(21(26)24-5)16-11-12-17(22)18(23)13-16;1-2/h7-14,25H,2,6H2,1,3-5H3,(H,24,26);1-2H3/b9-8+,15-10+,20-19-;. The lowest BCUT2D eigenvalue weighted by atomic mass is 9.97. The van der Waals surface area contributed by atoms with E-state index in [1.807, 2.05) is 45.9 Å². The lowest BCUT2D eigenvalue weighted by Gasteiger charge is -2.20. The summed E-state index contributed by atoms with van der Waals surface area (Å²) in [6, 6.07) is 5.28. The minimum absolute atomic E-state index is 0.117. The van der Waals surface area contributed by atoms with Crippen molar-refractivity contribution >= 4 is 34.7 Å². The van der Waals surface area contributed by atoms with E-state index < -0.39 is 0 Å². The topological polar surface area (TPSA) is 41.1 Å². The summed E-state index contributed by atoms with van der Waals surface area (Å²) in [4.78, 5) is 12.7. The Morgan fingerprint density at radius 2 is 1.86 bits per heavy atom. The number of nitrogens with one attached hydrogen (secondary N) is 2. The van der Waals surface area contributed by atoms with Crippen LogP contribution in [0.3, 0.4) is 0 Å². The Hall–Kier alpha value is -1.97. The fraction of sp³-hybridized carbons (Fsp3) is 0.348. The van der Waals surface area contributed by atoms with Crippen LogP contribution in [0, 0.1) is 0 Å². The van der Waals surface area contributed by atoms with Crippen molar-refractivity contribution in [3.63, 3.8) is 0 Å². The molecule has 0 saturated carbocycles. The molecule has 0 spiro atoms. The number of hydrogen-bond donors (Lipinski definition) is 2. The third-order valence-electron chi connectivity index (χ3n) is 3.50. The lowest BCUT2D eigenvalue weighted by molar-refractivity contribution is -0.115. The lowest BCUT2D eigenvalue weighted by Crippen LogP contribution is -2.29. The van der Waals surface area contributed by atoms with Crippen LogP contribution in [0.25, 0.3) is 5.57 Å². The zero-order valence-electron chi connectivity index (χ0n) is 17.7. The van der Waals surface area contributed by atoms with Crippen molar-refractivity contribution in [2.45, 2.75) is 47.1 Å². The first-order valence-corrected chi connectivity index (χ1v) is 10.3. The predicted octanol–water partition coefficient (Wildman–Crippen LogP) is 6.55. The SMILES string of the molecule is C=CC(=C\C=C\CC)/C(NC(C)C)=C(/C(=O)NC)c1ccc(Cl)c(Cl)c1.CC. The molecular formula is C23H32Cl2N2O. The van der Waals surface area contributed by atoms with E-state index in [4.69, 9.17) is 23.2 Å². The molecule has 2 N–H and O–H groups in total. The summed E-state index contributed by atoms with van der Waals surface area (Å²) in [5.74, 6) is -0.223. The molecule has 0 aliphatic rings. The number of carbonyl (C=O) groups excluding carboxylic acids is 1. The number of amides is 1. The highest BCUT2D eigenvalue weighted by molar-refractivity contribution is 6.42. The summed E-state index contributed by atoms with van der Waals surface area (Å²) >= 11 is 12.2. The van der Waals surface area contributed by atoms with E-state index in [0.717, 1.165) is 12.0 Å². The van der Waals surface area contributed by atoms with Crippen molar-refractivity contribution in [1.82, 2.24) is 10.6 Å². The number of rotatable bonds is 8. The highest BCUT2D eigenvalue weighted by Gasteiger charge is 2.20. The maximum atomic E-state index is 12.7. The number of halogens is 2. The molecule has 0 bridgehead atoms. The molecule has 5 heteroatoms. The van der Waals surface area contributed by atoms with Crippen molar-refractivity contribution in [1.29, 1.82) is 0 Å². The van der Waals surface area contributed by atoms with E-state index in [-0.39, 0.29) is 11.9 Å². The van der Waals surface area contributed by atoms with Gasteiger partial charge >= 0.3 is 0 Å². The molecule has 0 atom stereocenters. The van der Waals surface area contributed by atoms with Crippen molar-refractivity contribution in [3.8, 4) is 0 Å². The second-order valence-electron chi connectivity index (χ2n) is 5.92. The zero-order chi connectivity index (χ0) is 21.7. The van der Waals surface area contributed by atoms with Gasteiger partial charge in [-0.15, -0.1) is 0 Å². The average molecular weight is 423 g/mol. The first-order chi connectivity index (χ1) is 13.3. The third-order valence-corrected chi connectivity index (χ3v) is 4.24. The van der Waals surface area contributed by atoms with Crippen LogP contribution >= 0.6 is 23.2 Å². The minimum atomic E-state index is -0.223. The number of hydrogen-bond acceptors (Lipinski definition) is 2. The molecule has 3 nitrogen and oxygen atoms in total. The summed E-state index contributed by atoms with van der Waals surface area (Å²) in [5, 5.41) is 6.91. The van der Waals surface area contributed by atoms with E-state index in [0.29, 0.717) is 26.9 Å². The van der Waals surface area contributed by atoms with Crippen LogP contribution in [-0.2, 0) is 4.79 Å². The van der Waals surface area contributed by atoms with E-state index in [1.165, 1.54) is 0 Å². The Kier molecular flexibility index (Phi) is 13.1. The Morgan fingerprint density at radius 1 is 1.21 bits per heavy atom. The summed E-state index contributed by atoms with van der Waals surface area (Å²) < 4.78 is 0. The summed E-state index contributed by atoms with van der Waals surface area (Å²) in [7, 11) is 1.60. The molecular weight excluding hydrogens is 391 g/mol. The zero-order valence-corrected chi connectivity index (χ0v) is 19.2. The van der Waals surface area contributed by atoms with Crippen LogP contribution < -0.4 is 10.6 Å². The molecule has 1 amide bonds. The van der Waals surface area contributed by atoms with Crippen LogP contribution in [-0.4, -0.2) is 19.0 Å². The molecule has 1 rings (SSSR count).